The standard InChI is InChI=1S/2C7H15N/c2*1-2-6-3-4-7(8)5-6/h2*6-7H,2-5,8H2,1H3/t2*6-,7+/m10/s1. The van der Waals surface area contributed by atoms with Crippen molar-refractivity contribution < 1.29 is 0 Å². The minimum atomic E-state index is 0.528. The highest BCUT2D eigenvalue weighted by atomic mass is 14.6. The molecular formula is C14H30N2. The van der Waals surface area contributed by atoms with Gasteiger partial charge in [0.2, 0.25) is 0 Å². The molecule has 0 unspecified atom stereocenters. The Labute approximate surface area is 101 Å². The van der Waals surface area contributed by atoms with Crippen LogP contribution in [-0.2, 0) is 0 Å². The first-order valence-corrected chi connectivity index (χ1v) is 7.16. The van der Waals surface area contributed by atoms with Crippen LogP contribution in [0, 0.1) is 11.8 Å². The number of nitrogens with two attached hydrogens (primary N) is 2. The van der Waals surface area contributed by atoms with Crippen LogP contribution in [0.4, 0.5) is 0 Å². The summed E-state index contributed by atoms with van der Waals surface area (Å²) in [5.41, 5.74) is 11.4. The molecule has 2 nitrogen and oxygen atoms in total. The van der Waals surface area contributed by atoms with Crippen LogP contribution in [0.25, 0.3) is 0 Å². The SMILES string of the molecule is CC[C@@H]1CC[C@H](N)C1.CC[C@H]1CC[C@@H](N)C1. The second-order valence-electron chi connectivity index (χ2n) is 5.69. The maximum atomic E-state index is 5.70. The molecule has 2 aliphatic carbocycles. The van der Waals surface area contributed by atoms with Gasteiger partial charge in [-0.15, -0.1) is 0 Å². The third-order valence-electron chi connectivity index (χ3n) is 4.32. The second kappa shape index (κ2) is 7.29. The van der Waals surface area contributed by atoms with Crippen molar-refractivity contribution in [1.82, 2.24) is 0 Å². The molecule has 2 fully saturated rings. The Balaban J connectivity index is 0.000000160. The van der Waals surface area contributed by atoms with Crippen LogP contribution >= 0.6 is 0 Å². The Morgan fingerprint density at radius 3 is 1.25 bits per heavy atom. The van der Waals surface area contributed by atoms with Gasteiger partial charge in [0.1, 0.15) is 0 Å². The molecule has 0 spiro atoms. The molecule has 0 aliphatic heterocycles. The Bertz CT molecular complexity index is 162. The van der Waals surface area contributed by atoms with E-state index in [1.54, 1.807) is 0 Å². The van der Waals surface area contributed by atoms with E-state index < -0.39 is 0 Å². The highest BCUT2D eigenvalue weighted by molar-refractivity contribution is 4.76. The van der Waals surface area contributed by atoms with Crippen molar-refractivity contribution in [2.45, 2.75) is 77.3 Å². The van der Waals surface area contributed by atoms with Crippen LogP contribution in [0.1, 0.15) is 65.2 Å². The number of rotatable bonds is 2. The van der Waals surface area contributed by atoms with Gasteiger partial charge in [-0.3, -0.25) is 0 Å². The van der Waals surface area contributed by atoms with Crippen molar-refractivity contribution in [2.24, 2.45) is 23.3 Å². The molecule has 2 saturated carbocycles. The molecule has 0 bridgehead atoms. The summed E-state index contributed by atoms with van der Waals surface area (Å²) >= 11 is 0. The number of hydrogen-bond donors (Lipinski definition) is 2. The van der Waals surface area contributed by atoms with Gasteiger partial charge >= 0.3 is 0 Å². The molecule has 96 valence electrons. The summed E-state index contributed by atoms with van der Waals surface area (Å²) in [7, 11) is 0. The van der Waals surface area contributed by atoms with E-state index in [2.05, 4.69) is 13.8 Å². The minimum absolute atomic E-state index is 0.528. The Kier molecular flexibility index (Phi) is 6.37. The molecule has 0 heterocycles. The molecule has 0 aromatic rings. The van der Waals surface area contributed by atoms with Gasteiger partial charge in [-0.25, -0.2) is 0 Å². The molecule has 0 saturated heterocycles. The second-order valence-corrected chi connectivity index (χ2v) is 5.69. The van der Waals surface area contributed by atoms with Gasteiger partial charge in [0.25, 0.3) is 0 Å². The van der Waals surface area contributed by atoms with E-state index in [1.165, 1.54) is 51.4 Å². The van der Waals surface area contributed by atoms with E-state index in [4.69, 9.17) is 11.5 Å². The van der Waals surface area contributed by atoms with Crippen LogP contribution in [0.3, 0.4) is 0 Å². The van der Waals surface area contributed by atoms with Gasteiger partial charge in [-0.2, -0.15) is 0 Å². The highest BCUT2D eigenvalue weighted by Gasteiger charge is 2.19. The Hall–Kier alpha value is -0.0800. The average molecular weight is 226 g/mol. The van der Waals surface area contributed by atoms with Crippen molar-refractivity contribution in [2.75, 3.05) is 0 Å². The smallest absolute Gasteiger partial charge is 0.00415 e. The normalized spacial score (nSPS) is 38.2. The largest absolute Gasteiger partial charge is 0.328 e. The molecule has 0 amide bonds. The minimum Gasteiger partial charge on any atom is -0.328 e. The van der Waals surface area contributed by atoms with E-state index >= 15 is 0 Å². The molecule has 2 aliphatic rings. The zero-order chi connectivity index (χ0) is 12.0. The first kappa shape index (κ1) is 14.0. The number of hydrogen-bond acceptors (Lipinski definition) is 2. The molecule has 4 N–H and O–H groups in total. The van der Waals surface area contributed by atoms with Crippen LogP contribution in [0.5, 0.6) is 0 Å². The zero-order valence-corrected chi connectivity index (χ0v) is 11.1. The van der Waals surface area contributed by atoms with Crippen LogP contribution in [0.15, 0.2) is 0 Å². The molecular weight excluding hydrogens is 196 g/mol. The average Bonchev–Trinajstić information content (AvgIpc) is 2.88. The van der Waals surface area contributed by atoms with Gasteiger partial charge < -0.3 is 11.5 Å². The van der Waals surface area contributed by atoms with Gasteiger partial charge in [0.15, 0.2) is 0 Å². The molecule has 4 atom stereocenters. The fourth-order valence-corrected chi connectivity index (χ4v) is 2.97. The van der Waals surface area contributed by atoms with E-state index in [-0.39, 0.29) is 0 Å². The van der Waals surface area contributed by atoms with E-state index in [9.17, 15) is 0 Å². The maximum absolute atomic E-state index is 5.70. The van der Waals surface area contributed by atoms with Gasteiger partial charge in [-0.05, 0) is 50.4 Å². The van der Waals surface area contributed by atoms with Crippen molar-refractivity contribution in [3.63, 3.8) is 0 Å². The summed E-state index contributed by atoms with van der Waals surface area (Å²) in [5, 5.41) is 0. The molecule has 16 heavy (non-hydrogen) atoms. The van der Waals surface area contributed by atoms with Crippen molar-refractivity contribution in [1.29, 1.82) is 0 Å². The quantitative estimate of drug-likeness (QED) is 0.760. The summed E-state index contributed by atoms with van der Waals surface area (Å²) in [5.74, 6) is 1.90. The fraction of sp³-hybridized carbons (Fsp3) is 1.00. The van der Waals surface area contributed by atoms with E-state index in [0.29, 0.717) is 12.1 Å². The van der Waals surface area contributed by atoms with E-state index in [0.717, 1.165) is 11.8 Å². The lowest BCUT2D eigenvalue weighted by Gasteiger charge is -2.02. The topological polar surface area (TPSA) is 52.0 Å². The summed E-state index contributed by atoms with van der Waals surface area (Å²) in [6.45, 7) is 4.51. The molecule has 0 aromatic carbocycles. The van der Waals surface area contributed by atoms with Crippen LogP contribution in [-0.4, -0.2) is 12.1 Å². The van der Waals surface area contributed by atoms with Crippen LogP contribution < -0.4 is 11.5 Å². The van der Waals surface area contributed by atoms with E-state index in [1.807, 2.05) is 0 Å². The lowest BCUT2D eigenvalue weighted by molar-refractivity contribution is 0.520. The van der Waals surface area contributed by atoms with Gasteiger partial charge in [0, 0.05) is 12.1 Å². The zero-order valence-electron chi connectivity index (χ0n) is 11.1. The van der Waals surface area contributed by atoms with Crippen molar-refractivity contribution in [3.8, 4) is 0 Å². The monoisotopic (exact) mass is 226 g/mol. The third kappa shape index (κ3) is 4.84. The van der Waals surface area contributed by atoms with Crippen molar-refractivity contribution in [3.05, 3.63) is 0 Å². The van der Waals surface area contributed by atoms with Gasteiger partial charge in [-0.1, -0.05) is 26.7 Å². The summed E-state index contributed by atoms with van der Waals surface area (Å²) < 4.78 is 0. The third-order valence-corrected chi connectivity index (χ3v) is 4.32. The lowest BCUT2D eigenvalue weighted by atomic mass is 10.1. The predicted molar refractivity (Wildman–Crippen MR) is 71.2 cm³/mol. The first-order chi connectivity index (χ1) is 7.65. The van der Waals surface area contributed by atoms with Gasteiger partial charge in [0.05, 0.1) is 0 Å². The van der Waals surface area contributed by atoms with Crippen LogP contribution in [0.2, 0.25) is 0 Å². The fourth-order valence-electron chi connectivity index (χ4n) is 2.97. The highest BCUT2D eigenvalue weighted by Crippen LogP contribution is 2.26. The Morgan fingerprint density at radius 1 is 0.750 bits per heavy atom. The summed E-state index contributed by atoms with van der Waals surface area (Å²) in [6, 6.07) is 1.06. The van der Waals surface area contributed by atoms with Crippen molar-refractivity contribution >= 4 is 0 Å². The predicted octanol–water partition coefficient (Wildman–Crippen LogP) is 3.05. The first-order valence-electron chi connectivity index (χ1n) is 7.16. The molecule has 2 heteroatoms. The summed E-state index contributed by atoms with van der Waals surface area (Å²) in [6.07, 6.45) is 10.5. The molecule has 2 rings (SSSR count). The Morgan fingerprint density at radius 2 is 1.12 bits per heavy atom. The summed E-state index contributed by atoms with van der Waals surface area (Å²) in [4.78, 5) is 0. The maximum Gasteiger partial charge on any atom is 0.00415 e. The lowest BCUT2D eigenvalue weighted by Crippen LogP contribution is -2.14. The molecule has 0 radical (unpaired) electrons. The molecule has 0 aromatic heterocycles.